The van der Waals surface area contributed by atoms with Crippen LogP contribution in [-0.2, 0) is 17.5 Å². The minimum absolute atomic E-state index is 0.0608. The zero-order valence-corrected chi connectivity index (χ0v) is 19.6. The van der Waals surface area contributed by atoms with E-state index in [2.05, 4.69) is 20.8 Å². The molecule has 0 unspecified atom stereocenters. The molecule has 2 N–H and O–H groups in total. The Bertz CT molecular complexity index is 1180. The smallest absolute Gasteiger partial charge is 0.342 e. The van der Waals surface area contributed by atoms with Gasteiger partial charge in [0.05, 0.1) is 17.4 Å². The van der Waals surface area contributed by atoms with E-state index in [0.717, 1.165) is 29.5 Å². The summed E-state index contributed by atoms with van der Waals surface area (Å²) >= 11 is 1.11. The first-order chi connectivity index (χ1) is 16.1. The summed E-state index contributed by atoms with van der Waals surface area (Å²) < 4.78 is 40.4. The summed E-state index contributed by atoms with van der Waals surface area (Å²) in [5.41, 5.74) is 0.644. The average molecular weight is 492 g/mol. The van der Waals surface area contributed by atoms with Gasteiger partial charge in [-0.1, -0.05) is 36.0 Å². The van der Waals surface area contributed by atoms with Crippen LogP contribution in [0.15, 0.2) is 53.7 Å². The Morgan fingerprint density at radius 1 is 1.12 bits per heavy atom. The first kappa shape index (κ1) is 25.3. The molecule has 0 saturated carbocycles. The number of nitrogens with one attached hydrogen (secondary N) is 2. The number of aryl methyl sites for hydroxylation is 1. The predicted molar refractivity (Wildman–Crippen MR) is 124 cm³/mol. The molecule has 2 aromatic carbocycles. The Kier molecular flexibility index (Phi) is 7.98. The lowest BCUT2D eigenvalue weighted by molar-refractivity contribution is -0.137. The number of benzene rings is 2. The van der Waals surface area contributed by atoms with Crippen LogP contribution in [0.2, 0.25) is 0 Å². The maximum Gasteiger partial charge on any atom is 0.416 e. The van der Waals surface area contributed by atoms with Crippen molar-refractivity contribution in [1.82, 2.24) is 20.1 Å². The maximum absolute atomic E-state index is 12.9. The Balaban J connectivity index is 1.63. The number of carbonyl (C=O) groups is 2. The predicted octanol–water partition coefficient (Wildman–Crippen LogP) is 4.85. The molecule has 7 nitrogen and oxygen atoms in total. The second-order valence-corrected chi connectivity index (χ2v) is 8.45. The average Bonchev–Trinajstić information content (AvgIpc) is 3.20. The number of thioether (sulfide) groups is 1. The quantitative estimate of drug-likeness (QED) is 0.440. The van der Waals surface area contributed by atoms with E-state index in [-0.39, 0.29) is 17.3 Å². The van der Waals surface area contributed by atoms with Crippen molar-refractivity contribution in [2.45, 2.75) is 44.7 Å². The van der Waals surface area contributed by atoms with Gasteiger partial charge in [0, 0.05) is 17.8 Å². The van der Waals surface area contributed by atoms with Crippen LogP contribution in [-0.4, -0.2) is 32.3 Å². The lowest BCUT2D eigenvalue weighted by atomic mass is 10.1. The van der Waals surface area contributed by atoms with Crippen LogP contribution < -0.4 is 10.6 Å². The molecule has 0 aliphatic rings. The van der Waals surface area contributed by atoms with E-state index in [4.69, 9.17) is 0 Å². The molecule has 1 atom stereocenters. The number of nitrogens with zero attached hydrogens (tertiary/aromatic N) is 3. The normalized spacial score (nSPS) is 12.3. The molecule has 0 bridgehead atoms. The number of carbonyl (C=O) groups excluding carboxylic acids is 2. The van der Waals surface area contributed by atoms with Crippen molar-refractivity contribution < 1.29 is 22.8 Å². The number of aromatic nitrogens is 3. The third-order valence-corrected chi connectivity index (χ3v) is 5.96. The van der Waals surface area contributed by atoms with Crippen molar-refractivity contribution in [3.8, 4) is 0 Å². The summed E-state index contributed by atoms with van der Waals surface area (Å²) in [7, 11) is 0. The highest BCUT2D eigenvalue weighted by Gasteiger charge is 2.30. The van der Waals surface area contributed by atoms with E-state index in [9.17, 15) is 22.8 Å². The van der Waals surface area contributed by atoms with Crippen LogP contribution in [0.25, 0.3) is 0 Å². The van der Waals surface area contributed by atoms with Crippen LogP contribution in [0.3, 0.4) is 0 Å². The van der Waals surface area contributed by atoms with Crippen molar-refractivity contribution in [3.05, 3.63) is 71.0 Å². The summed E-state index contributed by atoms with van der Waals surface area (Å²) in [4.78, 5) is 24.9. The van der Waals surface area contributed by atoms with Gasteiger partial charge in [-0.15, -0.1) is 10.2 Å². The molecular formula is C23H24F3N5O2S. The minimum Gasteiger partial charge on any atom is -0.342 e. The molecule has 34 heavy (non-hydrogen) atoms. The molecule has 0 spiro atoms. The monoisotopic (exact) mass is 491 g/mol. The number of anilines is 1. The van der Waals surface area contributed by atoms with E-state index in [1.807, 2.05) is 26.0 Å². The fourth-order valence-corrected chi connectivity index (χ4v) is 4.10. The van der Waals surface area contributed by atoms with Gasteiger partial charge in [-0.3, -0.25) is 9.59 Å². The van der Waals surface area contributed by atoms with E-state index >= 15 is 0 Å². The molecule has 11 heteroatoms. The molecule has 1 aromatic heterocycles. The Morgan fingerprint density at radius 3 is 2.53 bits per heavy atom. The Morgan fingerprint density at radius 2 is 1.85 bits per heavy atom. The first-order valence-electron chi connectivity index (χ1n) is 10.5. The van der Waals surface area contributed by atoms with Gasteiger partial charge in [-0.2, -0.15) is 13.2 Å². The Labute approximate surface area is 199 Å². The van der Waals surface area contributed by atoms with Crippen molar-refractivity contribution >= 4 is 29.3 Å². The van der Waals surface area contributed by atoms with Gasteiger partial charge in [0.15, 0.2) is 11.0 Å². The molecule has 1 heterocycles. The summed E-state index contributed by atoms with van der Waals surface area (Å²) in [6, 6.07) is 11.3. The van der Waals surface area contributed by atoms with Crippen LogP contribution in [0, 0.1) is 6.92 Å². The van der Waals surface area contributed by atoms with Crippen molar-refractivity contribution in [3.63, 3.8) is 0 Å². The van der Waals surface area contributed by atoms with Gasteiger partial charge >= 0.3 is 6.18 Å². The second-order valence-electron chi connectivity index (χ2n) is 7.51. The molecule has 0 aliphatic carbocycles. The highest BCUT2D eigenvalue weighted by Crippen LogP contribution is 2.30. The van der Waals surface area contributed by atoms with Crippen molar-refractivity contribution in [2.75, 3.05) is 11.1 Å². The summed E-state index contributed by atoms with van der Waals surface area (Å²) in [5, 5.41) is 14.2. The van der Waals surface area contributed by atoms with E-state index in [0.29, 0.717) is 23.1 Å². The van der Waals surface area contributed by atoms with Crippen LogP contribution in [0.5, 0.6) is 0 Å². The lowest BCUT2D eigenvalue weighted by Gasteiger charge is -2.16. The van der Waals surface area contributed by atoms with Gasteiger partial charge in [-0.25, -0.2) is 0 Å². The standard InChI is InChI=1S/C23H24F3N5O2S/c1-4-31-20(15(3)27-21(33)18-11-6-5-8-14(18)2)29-30-22(31)34-13-19(32)28-17-10-7-9-16(12-17)23(24,25)26/h5-12,15H,4,13H2,1-3H3,(H,27,33)(H,28,32)/t15-/m0/s1. The topological polar surface area (TPSA) is 88.9 Å². The fourth-order valence-electron chi connectivity index (χ4n) is 3.29. The minimum atomic E-state index is -4.49. The molecule has 180 valence electrons. The van der Waals surface area contributed by atoms with E-state index < -0.39 is 23.7 Å². The number of hydrogen-bond donors (Lipinski definition) is 2. The fraction of sp³-hybridized carbons (Fsp3) is 0.304. The van der Waals surface area contributed by atoms with Crippen LogP contribution in [0.4, 0.5) is 18.9 Å². The molecule has 3 aromatic rings. The van der Waals surface area contributed by atoms with Gasteiger partial charge in [0.25, 0.3) is 5.91 Å². The second kappa shape index (κ2) is 10.7. The largest absolute Gasteiger partial charge is 0.416 e. The number of alkyl halides is 3. The maximum atomic E-state index is 12.9. The highest BCUT2D eigenvalue weighted by atomic mass is 32.2. The molecular weight excluding hydrogens is 467 g/mol. The lowest BCUT2D eigenvalue weighted by Crippen LogP contribution is -2.29. The zero-order chi connectivity index (χ0) is 24.9. The van der Waals surface area contributed by atoms with Crippen LogP contribution >= 0.6 is 11.8 Å². The van der Waals surface area contributed by atoms with E-state index in [1.165, 1.54) is 12.1 Å². The van der Waals surface area contributed by atoms with Crippen molar-refractivity contribution in [2.24, 2.45) is 0 Å². The number of halogens is 3. The number of amides is 2. The summed E-state index contributed by atoms with van der Waals surface area (Å²) in [6.07, 6.45) is -4.49. The van der Waals surface area contributed by atoms with Crippen LogP contribution in [0.1, 0.15) is 47.2 Å². The van der Waals surface area contributed by atoms with Gasteiger partial charge in [0.1, 0.15) is 0 Å². The zero-order valence-electron chi connectivity index (χ0n) is 18.8. The van der Waals surface area contributed by atoms with Gasteiger partial charge < -0.3 is 15.2 Å². The summed E-state index contributed by atoms with van der Waals surface area (Å²) in [6.45, 7) is 6.04. The third kappa shape index (κ3) is 6.16. The van der Waals surface area contributed by atoms with E-state index in [1.54, 1.807) is 23.6 Å². The van der Waals surface area contributed by atoms with Gasteiger partial charge in [0.2, 0.25) is 5.91 Å². The SMILES string of the molecule is CCn1c(SCC(=O)Nc2cccc(C(F)(F)F)c2)nnc1[C@H](C)NC(=O)c1ccccc1C. The Hall–Kier alpha value is -3.34. The molecule has 2 amide bonds. The molecule has 0 aliphatic heterocycles. The highest BCUT2D eigenvalue weighted by molar-refractivity contribution is 7.99. The summed E-state index contributed by atoms with van der Waals surface area (Å²) in [5.74, 6) is -0.244. The van der Waals surface area contributed by atoms with Gasteiger partial charge in [-0.05, 0) is 50.6 Å². The number of rotatable bonds is 8. The third-order valence-electron chi connectivity index (χ3n) is 4.99. The molecule has 0 fully saturated rings. The number of hydrogen-bond acceptors (Lipinski definition) is 5. The molecule has 0 radical (unpaired) electrons. The van der Waals surface area contributed by atoms with Crippen molar-refractivity contribution in [1.29, 1.82) is 0 Å². The molecule has 3 rings (SSSR count). The molecule has 0 saturated heterocycles. The first-order valence-corrected chi connectivity index (χ1v) is 11.5.